The molecule has 140 valence electrons. The summed E-state index contributed by atoms with van der Waals surface area (Å²) >= 11 is 1.08. The first-order chi connectivity index (χ1) is 12.8. The SMILES string of the molecule is N#CSc1ccc(C(=O)C2=NCCNCCNCCNCCNC2)cc1. The molecule has 0 spiro atoms. The van der Waals surface area contributed by atoms with E-state index < -0.39 is 0 Å². The van der Waals surface area contributed by atoms with Gasteiger partial charge in [-0.1, -0.05) is 0 Å². The van der Waals surface area contributed by atoms with Gasteiger partial charge in [0.1, 0.15) is 5.40 Å². The summed E-state index contributed by atoms with van der Waals surface area (Å²) in [6.07, 6.45) is 0. The summed E-state index contributed by atoms with van der Waals surface area (Å²) in [7, 11) is 0. The molecule has 8 heteroatoms. The van der Waals surface area contributed by atoms with Gasteiger partial charge in [0.2, 0.25) is 5.78 Å². The first-order valence-corrected chi connectivity index (χ1v) is 9.70. The molecule has 4 N–H and O–H groups in total. The molecule has 1 aromatic rings. The number of carbonyl (C=O) groups is 1. The minimum absolute atomic E-state index is 0.0649. The van der Waals surface area contributed by atoms with Crippen molar-refractivity contribution in [2.24, 2.45) is 4.99 Å². The van der Waals surface area contributed by atoms with Gasteiger partial charge in [-0.05, 0) is 36.0 Å². The van der Waals surface area contributed by atoms with Crippen LogP contribution in [0, 0.1) is 10.7 Å². The summed E-state index contributed by atoms with van der Waals surface area (Å²) in [6, 6.07) is 7.09. The number of hydrogen-bond donors (Lipinski definition) is 4. The molecular weight excluding hydrogens is 348 g/mol. The van der Waals surface area contributed by atoms with E-state index in [9.17, 15) is 4.79 Å². The van der Waals surface area contributed by atoms with Gasteiger partial charge in [-0.3, -0.25) is 9.79 Å². The number of rotatable bonds is 3. The highest BCUT2D eigenvalue weighted by atomic mass is 32.2. The molecule has 1 aromatic carbocycles. The minimum Gasteiger partial charge on any atom is -0.314 e. The topological polar surface area (TPSA) is 101 Å². The van der Waals surface area contributed by atoms with Crippen molar-refractivity contribution in [3.05, 3.63) is 29.8 Å². The monoisotopic (exact) mass is 374 g/mol. The van der Waals surface area contributed by atoms with Gasteiger partial charge in [0.25, 0.3) is 0 Å². The van der Waals surface area contributed by atoms with Crippen LogP contribution < -0.4 is 21.3 Å². The normalized spacial score (nSPS) is 18.0. The van der Waals surface area contributed by atoms with E-state index in [1.165, 1.54) is 0 Å². The van der Waals surface area contributed by atoms with Crippen LogP contribution >= 0.6 is 11.8 Å². The lowest BCUT2D eigenvalue weighted by Crippen LogP contribution is -2.36. The smallest absolute Gasteiger partial charge is 0.208 e. The second-order valence-electron chi connectivity index (χ2n) is 5.80. The molecule has 0 aromatic heterocycles. The number of thiocyanates is 1. The Bertz CT molecular complexity index is 626. The zero-order valence-electron chi connectivity index (χ0n) is 14.9. The Morgan fingerprint density at radius 1 is 0.923 bits per heavy atom. The summed E-state index contributed by atoms with van der Waals surface area (Å²) in [5.41, 5.74) is 1.14. The molecule has 0 radical (unpaired) electrons. The van der Waals surface area contributed by atoms with Crippen LogP contribution in [0.1, 0.15) is 10.4 Å². The maximum atomic E-state index is 12.8. The fourth-order valence-electron chi connectivity index (χ4n) is 2.48. The van der Waals surface area contributed by atoms with Crippen LogP contribution in [-0.2, 0) is 0 Å². The maximum Gasteiger partial charge on any atom is 0.208 e. The zero-order chi connectivity index (χ0) is 18.5. The molecule has 1 aliphatic rings. The summed E-state index contributed by atoms with van der Waals surface area (Å²) in [6.45, 7) is 7.07. The number of hydrogen-bond acceptors (Lipinski definition) is 8. The second-order valence-corrected chi connectivity index (χ2v) is 6.66. The number of nitriles is 1. The molecule has 0 bridgehead atoms. The van der Waals surface area contributed by atoms with E-state index in [1.807, 2.05) is 5.40 Å². The molecule has 0 amide bonds. The van der Waals surface area contributed by atoms with E-state index in [1.54, 1.807) is 24.3 Å². The fourth-order valence-corrected chi connectivity index (χ4v) is 2.86. The number of nitrogens with zero attached hydrogens (tertiary/aromatic N) is 2. The Balaban J connectivity index is 1.99. The first-order valence-electron chi connectivity index (χ1n) is 8.88. The first kappa shape index (κ1) is 20.6. The summed E-state index contributed by atoms with van der Waals surface area (Å²) < 4.78 is 0. The Hall–Kier alpha value is -1.76. The zero-order valence-corrected chi connectivity index (χ0v) is 15.7. The van der Waals surface area contributed by atoms with Crippen molar-refractivity contribution in [2.45, 2.75) is 4.90 Å². The number of benzene rings is 1. The van der Waals surface area contributed by atoms with Gasteiger partial charge in [-0.2, -0.15) is 5.26 Å². The summed E-state index contributed by atoms with van der Waals surface area (Å²) in [5.74, 6) is -0.0649. The van der Waals surface area contributed by atoms with Crippen molar-refractivity contribution < 1.29 is 4.79 Å². The van der Waals surface area contributed by atoms with Crippen molar-refractivity contribution in [1.82, 2.24) is 21.3 Å². The van der Waals surface area contributed by atoms with E-state index in [2.05, 4.69) is 26.3 Å². The molecular formula is C18H26N6OS. The molecule has 0 saturated carbocycles. The average molecular weight is 375 g/mol. The third-order valence-electron chi connectivity index (χ3n) is 3.86. The number of carbonyl (C=O) groups excluding carboxylic acids is 1. The Morgan fingerprint density at radius 3 is 2.12 bits per heavy atom. The van der Waals surface area contributed by atoms with E-state index in [4.69, 9.17) is 5.26 Å². The van der Waals surface area contributed by atoms with Crippen LogP contribution in [0.25, 0.3) is 0 Å². The predicted octanol–water partition coefficient (Wildman–Crippen LogP) is 0.255. The van der Waals surface area contributed by atoms with E-state index in [0.717, 1.165) is 62.5 Å². The van der Waals surface area contributed by atoms with Crippen LogP contribution in [0.15, 0.2) is 34.2 Å². The molecule has 1 heterocycles. The lowest BCUT2D eigenvalue weighted by atomic mass is 10.1. The summed E-state index contributed by atoms with van der Waals surface area (Å²) in [5, 5.41) is 24.1. The fraction of sp³-hybridized carbons (Fsp3) is 0.500. The average Bonchev–Trinajstić information content (AvgIpc) is 2.67. The Morgan fingerprint density at radius 2 is 1.50 bits per heavy atom. The van der Waals surface area contributed by atoms with Crippen molar-refractivity contribution in [3.8, 4) is 5.40 Å². The number of thioether (sulfide) groups is 1. The van der Waals surface area contributed by atoms with Crippen molar-refractivity contribution >= 4 is 23.3 Å². The molecule has 0 fully saturated rings. The largest absolute Gasteiger partial charge is 0.314 e. The molecule has 26 heavy (non-hydrogen) atoms. The number of ketones is 1. The molecule has 0 saturated heterocycles. The van der Waals surface area contributed by atoms with Crippen LogP contribution in [0.2, 0.25) is 0 Å². The van der Waals surface area contributed by atoms with Crippen LogP contribution in [-0.4, -0.2) is 70.4 Å². The van der Waals surface area contributed by atoms with Crippen LogP contribution in [0.4, 0.5) is 0 Å². The third-order valence-corrected chi connectivity index (χ3v) is 4.46. The Labute approximate surface area is 159 Å². The minimum atomic E-state index is -0.0649. The molecule has 0 unspecified atom stereocenters. The van der Waals surface area contributed by atoms with Gasteiger partial charge in [-0.25, -0.2) is 0 Å². The number of aliphatic imine (C=N–C) groups is 1. The van der Waals surface area contributed by atoms with Gasteiger partial charge >= 0.3 is 0 Å². The highest BCUT2D eigenvalue weighted by Gasteiger charge is 2.14. The quantitative estimate of drug-likeness (QED) is 0.342. The second kappa shape index (κ2) is 12.6. The van der Waals surface area contributed by atoms with Crippen molar-refractivity contribution in [3.63, 3.8) is 0 Å². The third kappa shape index (κ3) is 7.64. The van der Waals surface area contributed by atoms with E-state index in [0.29, 0.717) is 24.4 Å². The van der Waals surface area contributed by atoms with Gasteiger partial charge in [0.15, 0.2) is 0 Å². The molecule has 0 aliphatic carbocycles. The molecule has 0 atom stereocenters. The van der Waals surface area contributed by atoms with Crippen molar-refractivity contribution in [2.75, 3.05) is 58.9 Å². The van der Waals surface area contributed by atoms with Crippen molar-refractivity contribution in [1.29, 1.82) is 5.26 Å². The molecule has 7 nitrogen and oxygen atoms in total. The van der Waals surface area contributed by atoms with Crippen LogP contribution in [0.3, 0.4) is 0 Å². The van der Waals surface area contributed by atoms with Gasteiger partial charge < -0.3 is 21.3 Å². The highest BCUT2D eigenvalue weighted by molar-refractivity contribution is 8.03. The van der Waals surface area contributed by atoms with Gasteiger partial charge in [-0.15, -0.1) is 0 Å². The standard InChI is InChI=1S/C18H26N6OS/c19-14-26-16-3-1-15(2-4-16)18(25)17-13-23-10-9-21-6-5-20-7-8-22-11-12-24-17/h1-4,20-23H,5-13H2. The van der Waals surface area contributed by atoms with Gasteiger partial charge in [0, 0.05) is 62.8 Å². The lowest BCUT2D eigenvalue weighted by Gasteiger charge is -2.09. The molecule has 1 aliphatic heterocycles. The van der Waals surface area contributed by atoms with Gasteiger partial charge in [0.05, 0.1) is 12.3 Å². The van der Waals surface area contributed by atoms with Crippen LogP contribution in [0.5, 0.6) is 0 Å². The highest BCUT2D eigenvalue weighted by Crippen LogP contribution is 2.17. The maximum absolute atomic E-state index is 12.8. The number of Topliss-reactive ketones (excluding diaryl/α,β-unsaturated/α-hetero) is 1. The number of nitrogens with one attached hydrogen (secondary N) is 4. The predicted molar refractivity (Wildman–Crippen MR) is 106 cm³/mol. The Kier molecular flexibility index (Phi) is 9.94. The van der Waals surface area contributed by atoms with E-state index in [-0.39, 0.29) is 5.78 Å². The van der Waals surface area contributed by atoms with E-state index >= 15 is 0 Å². The molecule has 2 rings (SSSR count). The summed E-state index contributed by atoms with van der Waals surface area (Å²) in [4.78, 5) is 18.1. The lowest BCUT2D eigenvalue weighted by molar-refractivity contribution is 0.106.